The van der Waals surface area contributed by atoms with Crippen LogP contribution < -0.4 is 0 Å². The van der Waals surface area contributed by atoms with Crippen molar-refractivity contribution in [3.05, 3.63) is 53.1 Å². The molecule has 1 aromatic carbocycles. The summed E-state index contributed by atoms with van der Waals surface area (Å²) in [6.07, 6.45) is 8.10. The number of carbonyl (C=O) groups is 1. The monoisotopic (exact) mass is 308 g/mol. The molecule has 0 fully saturated rings. The maximum absolute atomic E-state index is 12.8. The van der Waals surface area contributed by atoms with E-state index in [1.165, 1.54) is 24.0 Å². The molecule has 4 rings (SSSR count). The summed E-state index contributed by atoms with van der Waals surface area (Å²) in [5.41, 5.74) is 4.70. The highest BCUT2D eigenvalue weighted by molar-refractivity contribution is 5.97. The minimum atomic E-state index is 0.0324. The van der Waals surface area contributed by atoms with Crippen molar-refractivity contribution in [2.24, 2.45) is 5.41 Å². The van der Waals surface area contributed by atoms with Crippen molar-refractivity contribution in [1.29, 1.82) is 0 Å². The maximum atomic E-state index is 12.8. The third-order valence-corrected chi connectivity index (χ3v) is 5.34. The second-order valence-corrected chi connectivity index (χ2v) is 7.85. The SMILES string of the molecule is CC1(C)CC(=O)c2c(ncn2C2CCCCc3ccccc32)C1. The Kier molecular flexibility index (Phi) is 3.40. The van der Waals surface area contributed by atoms with Crippen molar-refractivity contribution >= 4 is 5.78 Å². The molecule has 1 aromatic heterocycles. The molecule has 0 bridgehead atoms. The van der Waals surface area contributed by atoms with Crippen LogP contribution in [0.1, 0.15) is 72.9 Å². The molecule has 2 aliphatic rings. The lowest BCUT2D eigenvalue weighted by atomic mass is 9.77. The van der Waals surface area contributed by atoms with E-state index in [0.717, 1.165) is 30.7 Å². The Bertz CT molecular complexity index is 757. The van der Waals surface area contributed by atoms with E-state index < -0.39 is 0 Å². The van der Waals surface area contributed by atoms with Crippen molar-refractivity contribution < 1.29 is 4.79 Å². The van der Waals surface area contributed by atoms with Crippen LogP contribution in [0.2, 0.25) is 0 Å². The van der Waals surface area contributed by atoms with Gasteiger partial charge in [-0.05, 0) is 42.2 Å². The summed E-state index contributed by atoms with van der Waals surface area (Å²) < 4.78 is 2.18. The van der Waals surface area contributed by atoms with Gasteiger partial charge < -0.3 is 4.57 Å². The zero-order chi connectivity index (χ0) is 16.0. The summed E-state index contributed by atoms with van der Waals surface area (Å²) in [6.45, 7) is 4.32. The second kappa shape index (κ2) is 5.33. The van der Waals surface area contributed by atoms with Gasteiger partial charge >= 0.3 is 0 Å². The van der Waals surface area contributed by atoms with E-state index in [-0.39, 0.29) is 17.2 Å². The smallest absolute Gasteiger partial charge is 0.181 e. The third-order valence-electron chi connectivity index (χ3n) is 5.34. The first-order valence-corrected chi connectivity index (χ1v) is 8.72. The quantitative estimate of drug-likeness (QED) is 0.734. The Labute approximate surface area is 137 Å². The largest absolute Gasteiger partial charge is 0.320 e. The summed E-state index contributed by atoms with van der Waals surface area (Å²) >= 11 is 0. The van der Waals surface area contributed by atoms with Gasteiger partial charge in [0.15, 0.2) is 5.78 Å². The average Bonchev–Trinajstić information content (AvgIpc) is 2.78. The van der Waals surface area contributed by atoms with Crippen LogP contribution in [0.25, 0.3) is 0 Å². The maximum Gasteiger partial charge on any atom is 0.181 e. The van der Waals surface area contributed by atoms with Crippen LogP contribution in [0, 0.1) is 5.41 Å². The summed E-state index contributed by atoms with van der Waals surface area (Å²) in [5.74, 6) is 0.260. The fourth-order valence-corrected chi connectivity index (χ4v) is 4.29. The van der Waals surface area contributed by atoms with E-state index in [1.54, 1.807) is 0 Å². The molecular formula is C20H24N2O. The number of carbonyl (C=O) groups excluding carboxylic acids is 1. The fraction of sp³-hybridized carbons (Fsp3) is 0.500. The molecule has 2 aromatic rings. The lowest BCUT2D eigenvalue weighted by Gasteiger charge is -2.29. The van der Waals surface area contributed by atoms with Crippen LogP contribution >= 0.6 is 0 Å². The molecular weight excluding hydrogens is 284 g/mol. The van der Waals surface area contributed by atoms with Gasteiger partial charge in [-0.3, -0.25) is 4.79 Å². The predicted molar refractivity (Wildman–Crippen MR) is 90.8 cm³/mol. The van der Waals surface area contributed by atoms with Crippen molar-refractivity contribution in [2.75, 3.05) is 0 Å². The Morgan fingerprint density at radius 1 is 1.17 bits per heavy atom. The molecule has 0 saturated heterocycles. The highest BCUT2D eigenvalue weighted by atomic mass is 16.1. The Morgan fingerprint density at radius 2 is 2.00 bits per heavy atom. The first kappa shape index (κ1) is 14.7. The molecule has 0 aliphatic heterocycles. The van der Waals surface area contributed by atoms with Gasteiger partial charge in [0.05, 0.1) is 18.1 Å². The molecule has 23 heavy (non-hydrogen) atoms. The van der Waals surface area contributed by atoms with Crippen LogP contribution in [0.3, 0.4) is 0 Å². The third kappa shape index (κ3) is 2.52. The second-order valence-electron chi connectivity index (χ2n) is 7.85. The molecule has 3 nitrogen and oxygen atoms in total. The van der Waals surface area contributed by atoms with E-state index in [9.17, 15) is 4.79 Å². The van der Waals surface area contributed by atoms with Gasteiger partial charge in [-0.2, -0.15) is 0 Å². The average molecular weight is 308 g/mol. The zero-order valence-corrected chi connectivity index (χ0v) is 14.0. The molecule has 0 amide bonds. The minimum Gasteiger partial charge on any atom is -0.320 e. The highest BCUT2D eigenvalue weighted by Gasteiger charge is 2.36. The number of hydrogen-bond acceptors (Lipinski definition) is 2. The van der Waals surface area contributed by atoms with Gasteiger partial charge in [-0.15, -0.1) is 0 Å². The highest BCUT2D eigenvalue weighted by Crippen LogP contribution is 2.38. The lowest BCUT2D eigenvalue weighted by molar-refractivity contribution is 0.0899. The lowest BCUT2D eigenvalue weighted by Crippen LogP contribution is -2.29. The molecule has 1 unspecified atom stereocenters. The van der Waals surface area contributed by atoms with E-state index in [0.29, 0.717) is 6.42 Å². The molecule has 1 atom stereocenters. The van der Waals surface area contributed by atoms with Crippen LogP contribution in [-0.2, 0) is 12.8 Å². The number of ketones is 1. The van der Waals surface area contributed by atoms with Gasteiger partial charge in [0.25, 0.3) is 0 Å². The molecule has 3 heteroatoms. The Balaban J connectivity index is 1.81. The summed E-state index contributed by atoms with van der Waals surface area (Å²) in [6, 6.07) is 8.97. The van der Waals surface area contributed by atoms with E-state index >= 15 is 0 Å². The van der Waals surface area contributed by atoms with Crippen LogP contribution in [0.5, 0.6) is 0 Å². The summed E-state index contributed by atoms with van der Waals surface area (Å²) in [5, 5.41) is 0. The van der Waals surface area contributed by atoms with E-state index in [4.69, 9.17) is 0 Å². The summed E-state index contributed by atoms with van der Waals surface area (Å²) in [7, 11) is 0. The topological polar surface area (TPSA) is 34.9 Å². The molecule has 120 valence electrons. The first-order valence-electron chi connectivity index (χ1n) is 8.72. The number of nitrogens with zero attached hydrogens (tertiary/aromatic N) is 2. The first-order chi connectivity index (χ1) is 11.1. The minimum absolute atomic E-state index is 0.0324. The molecule has 0 saturated carbocycles. The van der Waals surface area contributed by atoms with Crippen LogP contribution in [0.15, 0.2) is 30.6 Å². The van der Waals surface area contributed by atoms with Crippen molar-refractivity contribution in [2.45, 2.75) is 58.4 Å². The predicted octanol–water partition coefficient (Wildman–Crippen LogP) is 4.35. The van der Waals surface area contributed by atoms with Crippen LogP contribution in [0.4, 0.5) is 0 Å². The van der Waals surface area contributed by atoms with Gasteiger partial charge in [-0.25, -0.2) is 4.98 Å². The number of imidazole rings is 1. The normalized spacial score (nSPS) is 23.0. The molecule has 2 aliphatic carbocycles. The number of hydrogen-bond donors (Lipinski definition) is 0. The van der Waals surface area contributed by atoms with Gasteiger partial charge in [0.2, 0.25) is 0 Å². The van der Waals surface area contributed by atoms with Crippen LogP contribution in [-0.4, -0.2) is 15.3 Å². The Morgan fingerprint density at radius 3 is 2.87 bits per heavy atom. The Hall–Kier alpha value is -1.90. The van der Waals surface area contributed by atoms with E-state index in [1.807, 2.05) is 6.33 Å². The standard InChI is InChI=1S/C20H24N2O/c1-20(2)11-16-19(18(23)12-20)22(13-21-16)17-10-6-4-8-14-7-3-5-9-15(14)17/h3,5,7,9,13,17H,4,6,8,10-12H2,1-2H3. The van der Waals surface area contributed by atoms with Gasteiger partial charge in [-0.1, -0.05) is 44.5 Å². The molecule has 1 heterocycles. The number of aromatic nitrogens is 2. The number of Topliss-reactive ketones (excluding diaryl/α,β-unsaturated/α-hetero) is 1. The van der Waals surface area contributed by atoms with Crippen molar-refractivity contribution in [3.8, 4) is 0 Å². The van der Waals surface area contributed by atoms with Gasteiger partial charge in [0, 0.05) is 6.42 Å². The van der Waals surface area contributed by atoms with Crippen molar-refractivity contribution in [1.82, 2.24) is 9.55 Å². The van der Waals surface area contributed by atoms with E-state index in [2.05, 4.69) is 47.7 Å². The number of rotatable bonds is 1. The molecule has 0 radical (unpaired) electrons. The van der Waals surface area contributed by atoms with Gasteiger partial charge in [0.1, 0.15) is 5.69 Å². The molecule has 0 spiro atoms. The number of fused-ring (bicyclic) bond motifs is 2. The zero-order valence-electron chi connectivity index (χ0n) is 14.0. The number of aryl methyl sites for hydroxylation is 1. The molecule has 0 N–H and O–H groups in total. The fourth-order valence-electron chi connectivity index (χ4n) is 4.29. The van der Waals surface area contributed by atoms with Crippen molar-refractivity contribution in [3.63, 3.8) is 0 Å². The number of benzene rings is 1. The summed E-state index contributed by atoms with van der Waals surface area (Å²) in [4.78, 5) is 17.4.